The molecule has 1 aliphatic rings. The average molecular weight is 419 g/mol. The Kier molecular flexibility index (Phi) is 5.98. The molecule has 0 unspecified atom stereocenters. The number of anilines is 1. The van der Waals surface area contributed by atoms with Gasteiger partial charge in [-0.1, -0.05) is 42.5 Å². The van der Waals surface area contributed by atoms with Crippen LogP contribution < -0.4 is 9.64 Å². The van der Waals surface area contributed by atoms with Crippen molar-refractivity contribution in [1.82, 2.24) is 0 Å². The van der Waals surface area contributed by atoms with Crippen LogP contribution in [-0.2, 0) is 16.2 Å². The Morgan fingerprint density at radius 3 is 2.29 bits per heavy atom. The van der Waals surface area contributed by atoms with Gasteiger partial charge in [0.15, 0.2) is 0 Å². The van der Waals surface area contributed by atoms with Crippen molar-refractivity contribution in [2.45, 2.75) is 25.5 Å². The Hall–Kier alpha value is -3.67. The Morgan fingerprint density at radius 1 is 0.968 bits per heavy atom. The second-order valence-corrected chi connectivity index (χ2v) is 7.51. The number of halogens is 1. The smallest absolute Gasteiger partial charge is 0.303 e. The van der Waals surface area contributed by atoms with Gasteiger partial charge in [-0.15, -0.1) is 0 Å². The van der Waals surface area contributed by atoms with E-state index in [0.717, 1.165) is 11.1 Å². The Morgan fingerprint density at radius 2 is 1.65 bits per heavy atom. The third-order valence-corrected chi connectivity index (χ3v) is 5.46. The molecule has 0 saturated carbocycles. The van der Waals surface area contributed by atoms with Crippen molar-refractivity contribution in [2.75, 3.05) is 4.90 Å². The molecule has 158 valence electrons. The van der Waals surface area contributed by atoms with Gasteiger partial charge in [0.25, 0.3) is 0 Å². The number of carboxylic acid groups (broad SMARTS) is 1. The number of carboxylic acids is 1. The molecule has 1 aliphatic heterocycles. The van der Waals surface area contributed by atoms with Gasteiger partial charge in [-0.2, -0.15) is 0 Å². The van der Waals surface area contributed by atoms with E-state index in [1.807, 2.05) is 54.6 Å². The van der Waals surface area contributed by atoms with E-state index < -0.39 is 11.9 Å². The molecule has 0 bridgehead atoms. The monoisotopic (exact) mass is 419 g/mol. The van der Waals surface area contributed by atoms with Crippen LogP contribution in [0.15, 0.2) is 78.9 Å². The van der Waals surface area contributed by atoms with Crippen LogP contribution in [0, 0.1) is 11.7 Å². The number of β-lactam (4-membered cyclic amide) rings is 1. The van der Waals surface area contributed by atoms with Crippen LogP contribution in [0.25, 0.3) is 0 Å². The summed E-state index contributed by atoms with van der Waals surface area (Å²) in [6.45, 7) is 0.449. The molecule has 1 amide bonds. The number of carbonyl (C=O) groups is 2. The fourth-order valence-corrected chi connectivity index (χ4v) is 3.88. The Balaban J connectivity index is 1.53. The third-order valence-electron chi connectivity index (χ3n) is 5.46. The number of hydrogen-bond donors (Lipinski definition) is 1. The van der Waals surface area contributed by atoms with Gasteiger partial charge in [-0.05, 0) is 53.9 Å². The van der Waals surface area contributed by atoms with Crippen LogP contribution >= 0.6 is 0 Å². The number of carbonyl (C=O) groups excluding carboxylic acids is 1. The zero-order chi connectivity index (χ0) is 21.8. The van der Waals surface area contributed by atoms with Gasteiger partial charge in [-0.3, -0.25) is 9.59 Å². The van der Waals surface area contributed by atoms with Crippen LogP contribution in [0.3, 0.4) is 0 Å². The summed E-state index contributed by atoms with van der Waals surface area (Å²) >= 11 is 0. The third kappa shape index (κ3) is 4.58. The molecule has 1 heterocycles. The van der Waals surface area contributed by atoms with Gasteiger partial charge < -0.3 is 14.7 Å². The highest BCUT2D eigenvalue weighted by molar-refractivity contribution is 6.03. The zero-order valence-electron chi connectivity index (χ0n) is 16.8. The highest BCUT2D eigenvalue weighted by atomic mass is 19.1. The SMILES string of the molecule is O=C(O)CC[C@@H]1C(=O)N(c2ccc(F)cc2)[C@H]1c1ccc(OCc2ccccc2)cc1. The number of aliphatic carboxylic acids is 1. The summed E-state index contributed by atoms with van der Waals surface area (Å²) < 4.78 is 19.2. The topological polar surface area (TPSA) is 66.8 Å². The van der Waals surface area contributed by atoms with Gasteiger partial charge in [0.05, 0.1) is 12.0 Å². The summed E-state index contributed by atoms with van der Waals surface area (Å²) in [6.07, 6.45) is 0.172. The van der Waals surface area contributed by atoms with Crippen LogP contribution in [0.1, 0.15) is 30.0 Å². The predicted octanol–water partition coefficient (Wildman–Crippen LogP) is 4.97. The van der Waals surface area contributed by atoms with Gasteiger partial charge in [0, 0.05) is 12.1 Å². The van der Waals surface area contributed by atoms with Crippen molar-refractivity contribution in [3.05, 3.63) is 95.8 Å². The van der Waals surface area contributed by atoms with Crippen molar-refractivity contribution >= 4 is 17.6 Å². The first-order valence-electron chi connectivity index (χ1n) is 10.1. The molecule has 6 heteroatoms. The summed E-state index contributed by atoms with van der Waals surface area (Å²) in [5.41, 5.74) is 2.53. The van der Waals surface area contributed by atoms with Gasteiger partial charge in [0.2, 0.25) is 5.91 Å². The van der Waals surface area contributed by atoms with Crippen LogP contribution in [0.2, 0.25) is 0 Å². The number of benzene rings is 3. The largest absolute Gasteiger partial charge is 0.489 e. The number of nitrogens with zero attached hydrogens (tertiary/aromatic N) is 1. The fourth-order valence-electron chi connectivity index (χ4n) is 3.88. The molecule has 3 aromatic rings. The number of rotatable bonds is 8. The van der Waals surface area contributed by atoms with Crippen LogP contribution in [-0.4, -0.2) is 17.0 Å². The molecule has 1 saturated heterocycles. The average Bonchev–Trinajstić information content (AvgIpc) is 2.78. The second kappa shape index (κ2) is 9.00. The van der Waals surface area contributed by atoms with E-state index in [1.54, 1.807) is 17.0 Å². The molecule has 0 aliphatic carbocycles. The van der Waals surface area contributed by atoms with Gasteiger partial charge in [0.1, 0.15) is 18.2 Å². The lowest BCUT2D eigenvalue weighted by Crippen LogP contribution is -2.55. The van der Waals surface area contributed by atoms with E-state index in [9.17, 15) is 14.0 Å². The molecular weight excluding hydrogens is 397 g/mol. The van der Waals surface area contributed by atoms with E-state index >= 15 is 0 Å². The summed E-state index contributed by atoms with van der Waals surface area (Å²) in [5.74, 6) is -1.19. The van der Waals surface area contributed by atoms with Gasteiger partial charge in [-0.25, -0.2) is 4.39 Å². The highest BCUT2D eigenvalue weighted by Crippen LogP contribution is 2.45. The molecule has 0 spiro atoms. The Bertz CT molecular complexity index is 1050. The minimum Gasteiger partial charge on any atom is -0.489 e. The molecule has 5 nitrogen and oxygen atoms in total. The first-order chi connectivity index (χ1) is 15.0. The summed E-state index contributed by atoms with van der Waals surface area (Å²) in [6, 6.07) is 22.7. The van der Waals surface area contributed by atoms with Crippen LogP contribution in [0.4, 0.5) is 10.1 Å². The molecule has 1 N–H and O–H groups in total. The predicted molar refractivity (Wildman–Crippen MR) is 114 cm³/mol. The van der Waals surface area contributed by atoms with E-state index in [-0.39, 0.29) is 30.6 Å². The van der Waals surface area contributed by atoms with E-state index in [0.29, 0.717) is 18.0 Å². The van der Waals surface area contributed by atoms with Crippen molar-refractivity contribution in [3.8, 4) is 5.75 Å². The van der Waals surface area contributed by atoms with Gasteiger partial charge >= 0.3 is 5.97 Å². The number of amides is 1. The zero-order valence-corrected chi connectivity index (χ0v) is 16.8. The summed E-state index contributed by atoms with van der Waals surface area (Å²) in [5, 5.41) is 9.04. The lowest BCUT2D eigenvalue weighted by atomic mass is 9.79. The highest BCUT2D eigenvalue weighted by Gasteiger charge is 2.48. The van der Waals surface area contributed by atoms with Crippen molar-refractivity contribution in [2.24, 2.45) is 5.92 Å². The maximum atomic E-state index is 13.3. The number of hydrogen-bond acceptors (Lipinski definition) is 3. The standard InChI is InChI=1S/C25H22FNO4/c26-19-8-10-20(11-9-19)27-24(22(25(27)30)14-15-23(28)29)18-6-12-21(13-7-18)31-16-17-4-2-1-3-5-17/h1-13,22,24H,14-16H2,(H,28,29)/t22-,24-/m0/s1. The molecule has 4 rings (SSSR count). The fraction of sp³-hybridized carbons (Fsp3) is 0.200. The lowest BCUT2D eigenvalue weighted by molar-refractivity contribution is -0.138. The van der Waals surface area contributed by atoms with Crippen molar-refractivity contribution in [3.63, 3.8) is 0 Å². The second-order valence-electron chi connectivity index (χ2n) is 7.51. The summed E-state index contributed by atoms with van der Waals surface area (Å²) in [4.78, 5) is 25.4. The van der Waals surface area contributed by atoms with E-state index in [4.69, 9.17) is 9.84 Å². The molecule has 1 fully saturated rings. The quantitative estimate of drug-likeness (QED) is 0.524. The normalized spacial score (nSPS) is 17.8. The summed E-state index contributed by atoms with van der Waals surface area (Å²) in [7, 11) is 0. The molecule has 0 radical (unpaired) electrons. The maximum absolute atomic E-state index is 13.3. The van der Waals surface area contributed by atoms with E-state index in [1.165, 1.54) is 12.1 Å². The Labute approximate surface area is 179 Å². The number of ether oxygens (including phenoxy) is 1. The van der Waals surface area contributed by atoms with E-state index in [2.05, 4.69) is 0 Å². The molecule has 31 heavy (non-hydrogen) atoms. The minimum atomic E-state index is -0.934. The lowest BCUT2D eigenvalue weighted by Gasteiger charge is -2.47. The molecule has 0 aromatic heterocycles. The molecule has 2 atom stereocenters. The van der Waals surface area contributed by atoms with Crippen molar-refractivity contribution in [1.29, 1.82) is 0 Å². The minimum absolute atomic E-state index is 0.0809. The maximum Gasteiger partial charge on any atom is 0.303 e. The van der Waals surface area contributed by atoms with Crippen LogP contribution in [0.5, 0.6) is 5.75 Å². The molecule has 3 aromatic carbocycles. The molecular formula is C25H22FNO4. The van der Waals surface area contributed by atoms with Crippen molar-refractivity contribution < 1.29 is 23.8 Å². The first-order valence-corrected chi connectivity index (χ1v) is 10.1. The first kappa shape index (κ1) is 20.6.